The number of benzene rings is 2. The molecule has 1 heterocycles. The third kappa shape index (κ3) is 2.15. The topological polar surface area (TPSA) is 79.7 Å². The number of fused-ring (bicyclic) bond motifs is 1. The predicted molar refractivity (Wildman–Crippen MR) is 81.0 cm³/mol. The molecule has 0 amide bonds. The maximum atomic E-state index is 11.0. The molecule has 0 radical (unpaired) electrons. The Labute approximate surface area is 125 Å². The van der Waals surface area contributed by atoms with Crippen molar-refractivity contribution >= 4 is 22.6 Å². The molecule has 0 bridgehead atoms. The maximum Gasteiger partial charge on any atom is 0.339 e. The standard InChI is InChI=1S/C16H11N3O3/c1-17-10-6-12(13-8-19(2)18-14(13)7-10)9-3-4-11(16(21)22)15(20)5-9/h3-8,20H,2H3,(H,21,22). The molecule has 6 nitrogen and oxygen atoms in total. The van der Waals surface area contributed by atoms with Crippen molar-refractivity contribution in [1.29, 1.82) is 0 Å². The molecule has 108 valence electrons. The van der Waals surface area contributed by atoms with E-state index < -0.39 is 5.97 Å². The van der Waals surface area contributed by atoms with Crippen molar-refractivity contribution in [3.8, 4) is 16.9 Å². The van der Waals surface area contributed by atoms with E-state index >= 15 is 0 Å². The first-order valence-electron chi connectivity index (χ1n) is 6.41. The van der Waals surface area contributed by atoms with Crippen LogP contribution in [0.25, 0.3) is 26.9 Å². The fraction of sp³-hybridized carbons (Fsp3) is 0.0625. The second-order valence-electron chi connectivity index (χ2n) is 4.88. The minimum atomic E-state index is -1.19. The number of nitrogens with zero attached hydrogens (tertiary/aromatic N) is 3. The number of carbonyl (C=O) groups is 1. The first kappa shape index (κ1) is 13.6. The van der Waals surface area contributed by atoms with E-state index in [0.29, 0.717) is 16.8 Å². The number of hydrogen-bond donors (Lipinski definition) is 2. The average Bonchev–Trinajstić information content (AvgIpc) is 2.85. The lowest BCUT2D eigenvalue weighted by atomic mass is 9.99. The van der Waals surface area contributed by atoms with E-state index in [1.807, 2.05) is 6.20 Å². The zero-order chi connectivity index (χ0) is 15.9. The van der Waals surface area contributed by atoms with Gasteiger partial charge in [-0.15, -0.1) is 0 Å². The Morgan fingerprint density at radius 3 is 2.73 bits per heavy atom. The molecule has 0 saturated heterocycles. The third-order valence-corrected chi connectivity index (χ3v) is 3.39. The molecule has 0 saturated carbocycles. The van der Waals surface area contributed by atoms with Crippen molar-refractivity contribution in [3.05, 3.63) is 53.5 Å². The quantitative estimate of drug-likeness (QED) is 0.711. The molecule has 3 rings (SSSR count). The molecule has 6 heteroatoms. The lowest BCUT2D eigenvalue weighted by molar-refractivity contribution is 0.0694. The minimum Gasteiger partial charge on any atom is -0.507 e. The Morgan fingerprint density at radius 2 is 2.09 bits per heavy atom. The second-order valence-corrected chi connectivity index (χ2v) is 4.88. The molecule has 1 aromatic heterocycles. The van der Waals surface area contributed by atoms with Gasteiger partial charge in [-0.25, -0.2) is 9.64 Å². The van der Waals surface area contributed by atoms with Gasteiger partial charge in [0.25, 0.3) is 0 Å². The van der Waals surface area contributed by atoms with Crippen molar-refractivity contribution in [3.63, 3.8) is 0 Å². The van der Waals surface area contributed by atoms with E-state index in [0.717, 1.165) is 10.9 Å². The summed E-state index contributed by atoms with van der Waals surface area (Å²) < 4.78 is 1.65. The Morgan fingerprint density at radius 1 is 1.32 bits per heavy atom. The van der Waals surface area contributed by atoms with Gasteiger partial charge >= 0.3 is 5.97 Å². The van der Waals surface area contributed by atoms with Crippen molar-refractivity contribution < 1.29 is 15.0 Å². The number of aryl methyl sites for hydroxylation is 1. The number of carboxylic acid groups (broad SMARTS) is 1. The number of rotatable bonds is 2. The van der Waals surface area contributed by atoms with Crippen molar-refractivity contribution in [2.24, 2.45) is 7.05 Å². The second kappa shape index (κ2) is 4.90. The molecule has 3 aromatic rings. The van der Waals surface area contributed by atoms with Crippen LogP contribution >= 0.6 is 0 Å². The number of aromatic nitrogens is 2. The van der Waals surface area contributed by atoms with Gasteiger partial charge in [0.2, 0.25) is 0 Å². The predicted octanol–water partition coefficient (Wildman–Crippen LogP) is 3.19. The van der Waals surface area contributed by atoms with Gasteiger partial charge in [-0.1, -0.05) is 6.07 Å². The van der Waals surface area contributed by atoms with Gasteiger partial charge in [0.05, 0.1) is 12.1 Å². The molecule has 0 atom stereocenters. The van der Waals surface area contributed by atoms with E-state index in [1.165, 1.54) is 12.1 Å². The summed E-state index contributed by atoms with van der Waals surface area (Å²) in [4.78, 5) is 14.4. The normalized spacial score (nSPS) is 10.5. The summed E-state index contributed by atoms with van der Waals surface area (Å²) in [5, 5.41) is 24.0. The van der Waals surface area contributed by atoms with Gasteiger partial charge < -0.3 is 10.2 Å². The van der Waals surface area contributed by atoms with Crippen molar-refractivity contribution in [2.45, 2.75) is 0 Å². The van der Waals surface area contributed by atoms with Gasteiger partial charge in [0.1, 0.15) is 11.3 Å². The van der Waals surface area contributed by atoms with E-state index in [4.69, 9.17) is 11.7 Å². The highest BCUT2D eigenvalue weighted by Crippen LogP contribution is 2.35. The Hall–Kier alpha value is -3.33. The molecule has 0 fully saturated rings. The summed E-state index contributed by atoms with van der Waals surface area (Å²) in [5.74, 6) is -1.50. The SMILES string of the molecule is [C-]#[N+]c1cc(-c2ccc(C(=O)O)c(O)c2)c2cn(C)nc2c1. The highest BCUT2D eigenvalue weighted by molar-refractivity contribution is 5.98. The molecule has 0 unspecified atom stereocenters. The third-order valence-electron chi connectivity index (χ3n) is 3.39. The van der Waals surface area contributed by atoms with E-state index in [-0.39, 0.29) is 11.3 Å². The number of aromatic carboxylic acids is 1. The molecule has 0 aliphatic carbocycles. The van der Waals surface area contributed by atoms with Crippen molar-refractivity contribution in [2.75, 3.05) is 0 Å². The summed E-state index contributed by atoms with van der Waals surface area (Å²) in [6.07, 6.45) is 1.82. The first-order chi connectivity index (χ1) is 10.5. The van der Waals surface area contributed by atoms with Crippen LogP contribution in [0.1, 0.15) is 10.4 Å². The maximum absolute atomic E-state index is 11.0. The van der Waals surface area contributed by atoms with Crippen LogP contribution < -0.4 is 0 Å². The van der Waals surface area contributed by atoms with Crippen LogP contribution in [0.2, 0.25) is 0 Å². The van der Waals surface area contributed by atoms with Gasteiger partial charge in [0, 0.05) is 18.6 Å². The Balaban J connectivity index is 2.27. The summed E-state index contributed by atoms with van der Waals surface area (Å²) in [6, 6.07) is 7.74. The summed E-state index contributed by atoms with van der Waals surface area (Å²) in [7, 11) is 1.78. The lowest BCUT2D eigenvalue weighted by Crippen LogP contribution is -1.96. The van der Waals surface area contributed by atoms with Gasteiger partial charge in [-0.05, 0) is 35.4 Å². The fourth-order valence-electron chi connectivity index (χ4n) is 2.41. The molecular formula is C16H11N3O3. The van der Waals surface area contributed by atoms with Gasteiger partial charge in [-0.2, -0.15) is 5.10 Å². The number of phenols is 1. The van der Waals surface area contributed by atoms with Crippen LogP contribution in [0.5, 0.6) is 5.75 Å². The van der Waals surface area contributed by atoms with Crippen molar-refractivity contribution in [1.82, 2.24) is 9.78 Å². The average molecular weight is 293 g/mol. The zero-order valence-electron chi connectivity index (χ0n) is 11.6. The van der Waals surface area contributed by atoms with Gasteiger partial charge in [0.15, 0.2) is 5.69 Å². The monoisotopic (exact) mass is 293 g/mol. The highest BCUT2D eigenvalue weighted by Gasteiger charge is 2.14. The number of aromatic hydroxyl groups is 1. The largest absolute Gasteiger partial charge is 0.507 e. The lowest BCUT2D eigenvalue weighted by Gasteiger charge is -2.07. The van der Waals surface area contributed by atoms with Crippen LogP contribution in [0.4, 0.5) is 5.69 Å². The minimum absolute atomic E-state index is 0.160. The highest BCUT2D eigenvalue weighted by atomic mass is 16.4. The van der Waals surface area contributed by atoms with Crippen LogP contribution in [-0.4, -0.2) is 26.0 Å². The molecular weight excluding hydrogens is 282 g/mol. The Kier molecular flexibility index (Phi) is 3.04. The molecule has 0 aliphatic rings. The van der Waals surface area contributed by atoms with Crippen LogP contribution in [-0.2, 0) is 7.05 Å². The van der Waals surface area contributed by atoms with E-state index in [9.17, 15) is 9.90 Å². The Bertz CT molecular complexity index is 951. The van der Waals surface area contributed by atoms with E-state index in [2.05, 4.69) is 9.94 Å². The van der Waals surface area contributed by atoms with Crippen LogP contribution in [0.3, 0.4) is 0 Å². The first-order valence-corrected chi connectivity index (χ1v) is 6.41. The summed E-state index contributed by atoms with van der Waals surface area (Å²) in [5.41, 5.74) is 2.30. The number of hydrogen-bond acceptors (Lipinski definition) is 3. The van der Waals surface area contributed by atoms with Crippen LogP contribution in [0, 0.1) is 6.57 Å². The zero-order valence-corrected chi connectivity index (χ0v) is 11.6. The molecule has 22 heavy (non-hydrogen) atoms. The number of carboxylic acids is 1. The summed E-state index contributed by atoms with van der Waals surface area (Å²) >= 11 is 0. The van der Waals surface area contributed by atoms with E-state index in [1.54, 1.807) is 29.9 Å². The molecule has 0 spiro atoms. The molecule has 2 aromatic carbocycles. The van der Waals surface area contributed by atoms with Gasteiger partial charge in [-0.3, -0.25) is 4.68 Å². The summed E-state index contributed by atoms with van der Waals surface area (Å²) in [6.45, 7) is 7.18. The van der Waals surface area contributed by atoms with Crippen LogP contribution in [0.15, 0.2) is 36.5 Å². The molecule has 0 aliphatic heterocycles. The molecule has 2 N–H and O–H groups in total. The fourth-order valence-corrected chi connectivity index (χ4v) is 2.41. The smallest absolute Gasteiger partial charge is 0.339 e.